The van der Waals surface area contributed by atoms with Gasteiger partial charge >= 0.3 is 5.69 Å². The van der Waals surface area contributed by atoms with Crippen LogP contribution in [0.2, 0.25) is 0 Å². The molecule has 0 N–H and O–H groups in total. The van der Waals surface area contributed by atoms with Gasteiger partial charge in [0.25, 0.3) is 5.56 Å². The van der Waals surface area contributed by atoms with Crippen molar-refractivity contribution in [1.29, 1.82) is 0 Å². The van der Waals surface area contributed by atoms with Crippen LogP contribution in [0.25, 0.3) is 10.2 Å². The van der Waals surface area contributed by atoms with Crippen LogP contribution < -0.4 is 11.2 Å². The summed E-state index contributed by atoms with van der Waals surface area (Å²) < 4.78 is 8.53. The molecule has 5 nitrogen and oxygen atoms in total. The molecule has 0 spiro atoms. The molecule has 6 heteroatoms. The van der Waals surface area contributed by atoms with Crippen molar-refractivity contribution in [2.75, 3.05) is 0 Å². The highest BCUT2D eigenvalue weighted by atomic mass is 32.1. The highest BCUT2D eigenvalue weighted by Crippen LogP contribution is 2.34. The molecule has 0 unspecified atom stereocenters. The van der Waals surface area contributed by atoms with E-state index in [1.165, 1.54) is 21.4 Å². The molecule has 1 aliphatic rings. The van der Waals surface area contributed by atoms with E-state index in [4.69, 9.17) is 4.42 Å². The lowest BCUT2D eigenvalue weighted by Gasteiger charge is -2.12. The molecule has 0 aromatic carbocycles. The largest absolute Gasteiger partial charge is 0.467 e. The maximum atomic E-state index is 13.1. The zero-order valence-corrected chi connectivity index (χ0v) is 15.2. The van der Waals surface area contributed by atoms with Crippen molar-refractivity contribution in [2.24, 2.45) is 0 Å². The Balaban J connectivity index is 1.98. The summed E-state index contributed by atoms with van der Waals surface area (Å²) in [7, 11) is 0. The Morgan fingerprint density at radius 1 is 1.20 bits per heavy atom. The molecular weight excluding hydrogens is 336 g/mol. The fraction of sp³-hybridized carbons (Fsp3) is 0.474. The van der Waals surface area contributed by atoms with Crippen LogP contribution >= 0.6 is 11.3 Å². The first-order chi connectivity index (χ1) is 12.2. The average molecular weight is 358 g/mol. The third-order valence-corrected chi connectivity index (χ3v) is 6.26. The first-order valence-electron chi connectivity index (χ1n) is 9.01. The number of unbranched alkanes of at least 4 members (excludes halogenated alkanes) is 1. The van der Waals surface area contributed by atoms with Gasteiger partial charge in [-0.3, -0.25) is 13.9 Å². The van der Waals surface area contributed by atoms with Gasteiger partial charge in [0, 0.05) is 11.4 Å². The summed E-state index contributed by atoms with van der Waals surface area (Å²) in [6, 6.07) is 3.58. The predicted octanol–water partition coefficient (Wildman–Crippen LogP) is 3.54. The first-order valence-corrected chi connectivity index (χ1v) is 9.82. The van der Waals surface area contributed by atoms with Gasteiger partial charge in [0.2, 0.25) is 0 Å². The van der Waals surface area contributed by atoms with E-state index >= 15 is 0 Å². The Morgan fingerprint density at radius 2 is 2.04 bits per heavy atom. The molecule has 0 bridgehead atoms. The summed E-state index contributed by atoms with van der Waals surface area (Å²) in [5.74, 6) is 0.629. The van der Waals surface area contributed by atoms with Crippen LogP contribution in [-0.4, -0.2) is 9.13 Å². The van der Waals surface area contributed by atoms with Crippen LogP contribution in [0.4, 0.5) is 0 Å². The molecule has 4 rings (SSSR count). The lowest BCUT2D eigenvalue weighted by molar-refractivity contribution is 0.475. The molecule has 3 aromatic rings. The van der Waals surface area contributed by atoms with E-state index in [0.717, 1.165) is 42.3 Å². The molecule has 3 aromatic heterocycles. The number of thiophene rings is 1. The fourth-order valence-corrected chi connectivity index (χ4v) is 5.03. The predicted molar refractivity (Wildman–Crippen MR) is 99.7 cm³/mol. The van der Waals surface area contributed by atoms with Crippen molar-refractivity contribution in [2.45, 2.75) is 58.5 Å². The van der Waals surface area contributed by atoms with Crippen LogP contribution in [0, 0.1) is 0 Å². The van der Waals surface area contributed by atoms with E-state index < -0.39 is 0 Å². The smallest absolute Gasteiger partial charge is 0.332 e. The molecule has 132 valence electrons. The van der Waals surface area contributed by atoms with E-state index in [2.05, 4.69) is 6.92 Å². The summed E-state index contributed by atoms with van der Waals surface area (Å²) in [4.78, 5) is 28.3. The third kappa shape index (κ3) is 2.78. The number of hydrogen-bond acceptors (Lipinski definition) is 4. The summed E-state index contributed by atoms with van der Waals surface area (Å²) in [6.07, 6.45) is 7.75. The highest BCUT2D eigenvalue weighted by Gasteiger charge is 2.23. The van der Waals surface area contributed by atoms with Gasteiger partial charge in [-0.1, -0.05) is 13.3 Å². The highest BCUT2D eigenvalue weighted by molar-refractivity contribution is 7.18. The lowest BCUT2D eigenvalue weighted by Crippen LogP contribution is -2.40. The zero-order valence-electron chi connectivity index (χ0n) is 14.4. The monoisotopic (exact) mass is 358 g/mol. The molecule has 3 heterocycles. The molecule has 0 saturated carbocycles. The Hall–Kier alpha value is -2.08. The van der Waals surface area contributed by atoms with Crippen LogP contribution in [0.1, 0.15) is 48.8 Å². The molecule has 0 saturated heterocycles. The van der Waals surface area contributed by atoms with Crippen molar-refractivity contribution in [3.63, 3.8) is 0 Å². The topological polar surface area (TPSA) is 57.1 Å². The number of nitrogens with zero attached hydrogens (tertiary/aromatic N) is 2. The van der Waals surface area contributed by atoms with Crippen molar-refractivity contribution < 1.29 is 4.42 Å². The molecule has 0 aliphatic heterocycles. The summed E-state index contributed by atoms with van der Waals surface area (Å²) >= 11 is 1.65. The minimum absolute atomic E-state index is 0.163. The molecule has 0 radical (unpaired) electrons. The van der Waals surface area contributed by atoms with Gasteiger partial charge < -0.3 is 4.42 Å². The Bertz CT molecular complexity index is 1010. The van der Waals surface area contributed by atoms with Gasteiger partial charge in [0.05, 0.1) is 18.2 Å². The number of aryl methyl sites for hydroxylation is 3. The number of fused-ring (bicyclic) bond motifs is 3. The van der Waals surface area contributed by atoms with Crippen molar-refractivity contribution in [3.05, 3.63) is 55.4 Å². The average Bonchev–Trinajstić information content (AvgIpc) is 3.26. The second-order valence-electron chi connectivity index (χ2n) is 6.65. The van der Waals surface area contributed by atoms with E-state index in [1.54, 1.807) is 29.7 Å². The summed E-state index contributed by atoms with van der Waals surface area (Å²) in [6.45, 7) is 2.96. The van der Waals surface area contributed by atoms with Crippen LogP contribution in [0.3, 0.4) is 0 Å². The van der Waals surface area contributed by atoms with E-state index in [9.17, 15) is 9.59 Å². The molecule has 0 fully saturated rings. The van der Waals surface area contributed by atoms with Gasteiger partial charge in [-0.05, 0) is 49.8 Å². The number of hydrogen-bond donors (Lipinski definition) is 0. The maximum absolute atomic E-state index is 13.1. The molecular formula is C19H22N2O3S. The minimum atomic E-state index is -0.221. The number of furan rings is 1. The number of rotatable bonds is 5. The standard InChI is InChI=1S/C19H22N2O3S/c1-2-3-10-20-18-16(14-8-4-5-9-15(14)25-18)17(22)21(19(20)23)12-13-7-6-11-24-13/h6-7,11H,2-5,8-10,12H2,1H3. The van der Waals surface area contributed by atoms with Gasteiger partial charge in [-0.15, -0.1) is 11.3 Å². The van der Waals surface area contributed by atoms with Crippen LogP contribution in [-0.2, 0) is 25.9 Å². The Labute approximate surface area is 149 Å². The van der Waals surface area contributed by atoms with E-state index in [1.807, 2.05) is 4.57 Å². The lowest BCUT2D eigenvalue weighted by atomic mass is 9.97. The molecule has 1 aliphatic carbocycles. The van der Waals surface area contributed by atoms with Gasteiger partial charge in [-0.25, -0.2) is 4.79 Å². The van der Waals surface area contributed by atoms with Crippen molar-refractivity contribution >= 4 is 21.6 Å². The molecule has 25 heavy (non-hydrogen) atoms. The van der Waals surface area contributed by atoms with Crippen molar-refractivity contribution in [3.8, 4) is 0 Å². The van der Waals surface area contributed by atoms with E-state index in [0.29, 0.717) is 12.3 Å². The zero-order chi connectivity index (χ0) is 17.4. The quantitative estimate of drug-likeness (QED) is 0.701. The Morgan fingerprint density at radius 3 is 2.80 bits per heavy atom. The van der Waals surface area contributed by atoms with E-state index in [-0.39, 0.29) is 17.8 Å². The summed E-state index contributed by atoms with van der Waals surface area (Å²) in [5, 5.41) is 0.766. The van der Waals surface area contributed by atoms with Crippen LogP contribution in [0.5, 0.6) is 0 Å². The first kappa shape index (κ1) is 16.4. The Kier molecular flexibility index (Phi) is 4.37. The fourth-order valence-electron chi connectivity index (χ4n) is 3.63. The van der Waals surface area contributed by atoms with Gasteiger partial charge in [-0.2, -0.15) is 0 Å². The third-order valence-electron chi connectivity index (χ3n) is 4.95. The number of aromatic nitrogens is 2. The molecule has 0 atom stereocenters. The normalized spacial score (nSPS) is 14.1. The van der Waals surface area contributed by atoms with Crippen LogP contribution in [0.15, 0.2) is 32.4 Å². The van der Waals surface area contributed by atoms with Gasteiger partial charge in [0.1, 0.15) is 10.6 Å². The minimum Gasteiger partial charge on any atom is -0.467 e. The maximum Gasteiger partial charge on any atom is 0.332 e. The second-order valence-corrected chi connectivity index (χ2v) is 7.73. The van der Waals surface area contributed by atoms with Gasteiger partial charge in [0.15, 0.2) is 0 Å². The SMILES string of the molecule is CCCCn1c(=O)n(Cc2ccco2)c(=O)c2c3c(sc21)CCCC3. The molecule has 0 amide bonds. The van der Waals surface area contributed by atoms with Crippen molar-refractivity contribution in [1.82, 2.24) is 9.13 Å². The second kappa shape index (κ2) is 6.67. The summed E-state index contributed by atoms with van der Waals surface area (Å²) in [5.41, 5.74) is 0.791.